The molecule has 5 nitrogen and oxygen atoms in total. The number of carbonyl (C=O) groups excluding carboxylic acids is 1. The van der Waals surface area contributed by atoms with Crippen LogP contribution in [0.5, 0.6) is 0 Å². The zero-order valence-corrected chi connectivity index (χ0v) is 7.19. The van der Waals surface area contributed by atoms with Crippen molar-refractivity contribution in [2.75, 3.05) is 0 Å². The highest BCUT2D eigenvalue weighted by Gasteiger charge is 2.26. The van der Waals surface area contributed by atoms with Gasteiger partial charge in [-0.3, -0.25) is 4.79 Å². The number of primary amides is 1. The van der Waals surface area contributed by atoms with Gasteiger partial charge in [-0.05, 0) is 0 Å². The summed E-state index contributed by atoms with van der Waals surface area (Å²) in [5, 5.41) is 13.9. The van der Waals surface area contributed by atoms with Gasteiger partial charge in [-0.1, -0.05) is 34.8 Å². The van der Waals surface area contributed by atoms with Crippen LogP contribution in [0.3, 0.4) is 0 Å². The van der Waals surface area contributed by atoms with E-state index in [1.807, 2.05) is 0 Å². The summed E-state index contributed by atoms with van der Waals surface area (Å²) in [7, 11) is 0. The van der Waals surface area contributed by atoms with Crippen LogP contribution in [0.1, 0.15) is 0 Å². The van der Waals surface area contributed by atoms with Crippen LogP contribution in [0.25, 0.3) is 0 Å². The largest absolute Gasteiger partial charge is 0.503 e. The van der Waals surface area contributed by atoms with Crippen LogP contribution >= 0.6 is 34.8 Å². The Kier molecular flexibility index (Phi) is 6.35. The summed E-state index contributed by atoms with van der Waals surface area (Å²) in [6, 6.07) is 0. The monoisotopic (exact) mass is 223 g/mol. The first kappa shape index (κ1) is 13.2. The van der Waals surface area contributed by atoms with Crippen molar-refractivity contribution in [3.63, 3.8) is 0 Å². The molecule has 11 heavy (non-hydrogen) atoms. The van der Waals surface area contributed by atoms with Crippen molar-refractivity contribution in [1.82, 2.24) is 0 Å². The Hall–Kier alpha value is -0.390. The highest BCUT2D eigenvalue weighted by Crippen LogP contribution is 2.24. The summed E-state index contributed by atoms with van der Waals surface area (Å²) in [5.74, 6) is -0.961. The quantitative estimate of drug-likeness (QED) is 0.536. The van der Waals surface area contributed by atoms with Crippen molar-refractivity contribution in [3.05, 3.63) is 0 Å². The van der Waals surface area contributed by atoms with Crippen molar-refractivity contribution in [3.8, 4) is 0 Å². The van der Waals surface area contributed by atoms with E-state index in [0.29, 0.717) is 0 Å². The molecule has 0 unspecified atom stereocenters. The van der Waals surface area contributed by atoms with E-state index < -0.39 is 15.9 Å². The number of hydrogen-bond donors (Lipinski definition) is 3. The third-order valence-corrected chi connectivity index (χ3v) is 0.838. The van der Waals surface area contributed by atoms with Gasteiger partial charge in [0.05, 0.1) is 0 Å². The van der Waals surface area contributed by atoms with Gasteiger partial charge in [0.25, 0.3) is 9.70 Å². The molecule has 8 heteroatoms. The average molecular weight is 224 g/mol. The van der Waals surface area contributed by atoms with E-state index in [1.165, 1.54) is 0 Å². The van der Waals surface area contributed by atoms with Gasteiger partial charge >= 0.3 is 6.16 Å². The zero-order chi connectivity index (χ0) is 9.65. The number of halogens is 3. The third-order valence-electron chi connectivity index (χ3n) is 0.279. The van der Waals surface area contributed by atoms with Crippen molar-refractivity contribution in [1.29, 1.82) is 0 Å². The molecular formula is C3H4Cl3NO4. The predicted molar refractivity (Wildman–Crippen MR) is 40.1 cm³/mol. The molecule has 1 amide bonds. The van der Waals surface area contributed by atoms with E-state index in [2.05, 4.69) is 5.73 Å². The number of amides is 1. The summed E-state index contributed by atoms with van der Waals surface area (Å²) in [6.45, 7) is 0. The molecule has 4 N–H and O–H groups in total. The van der Waals surface area contributed by atoms with Gasteiger partial charge in [0, 0.05) is 0 Å². The standard InChI is InChI=1S/C2H2Cl3NO.CH2O3/c3-2(4,5)1(6)7;2-1(3)4/h(H2,6,7);(H2,2,3,4). The minimum Gasteiger partial charge on any atom is -0.450 e. The van der Waals surface area contributed by atoms with Gasteiger partial charge in [-0.15, -0.1) is 0 Å². The van der Waals surface area contributed by atoms with Crippen molar-refractivity contribution < 1.29 is 19.8 Å². The SMILES string of the molecule is NC(=O)C(Cl)(Cl)Cl.O=C(O)O. The highest BCUT2D eigenvalue weighted by atomic mass is 35.6. The van der Waals surface area contributed by atoms with Gasteiger partial charge < -0.3 is 15.9 Å². The van der Waals surface area contributed by atoms with E-state index in [1.54, 1.807) is 0 Å². The van der Waals surface area contributed by atoms with Crippen LogP contribution in [0.2, 0.25) is 0 Å². The van der Waals surface area contributed by atoms with Crippen molar-refractivity contribution in [2.24, 2.45) is 5.73 Å². The molecule has 0 radical (unpaired) electrons. The zero-order valence-electron chi connectivity index (χ0n) is 4.92. The Bertz CT molecular complexity index is 149. The normalized spacial score (nSPS) is 9.36. The van der Waals surface area contributed by atoms with Crippen LogP contribution in [-0.4, -0.2) is 26.1 Å². The average Bonchev–Trinajstić information content (AvgIpc) is 1.59. The maximum Gasteiger partial charge on any atom is 0.503 e. The second kappa shape index (κ2) is 5.29. The molecular weight excluding hydrogens is 220 g/mol. The van der Waals surface area contributed by atoms with Crippen LogP contribution in [0.4, 0.5) is 4.79 Å². The number of nitrogens with two attached hydrogens (primary N) is 1. The summed E-state index contributed by atoms with van der Waals surface area (Å²) in [4.78, 5) is 18.4. The molecule has 0 spiro atoms. The van der Waals surface area contributed by atoms with Crippen molar-refractivity contribution in [2.45, 2.75) is 3.79 Å². The number of alkyl halides is 3. The second-order valence-electron chi connectivity index (χ2n) is 1.14. The van der Waals surface area contributed by atoms with E-state index in [9.17, 15) is 4.79 Å². The van der Waals surface area contributed by atoms with Crippen molar-refractivity contribution >= 4 is 46.9 Å². The third kappa shape index (κ3) is 17.7. The lowest BCUT2D eigenvalue weighted by molar-refractivity contribution is -0.117. The van der Waals surface area contributed by atoms with Crippen LogP contribution in [-0.2, 0) is 4.79 Å². The Labute approximate surface area is 76.6 Å². The van der Waals surface area contributed by atoms with Gasteiger partial charge in [0.2, 0.25) is 0 Å². The molecule has 0 aromatic rings. The molecule has 0 aliphatic carbocycles. The maximum atomic E-state index is 9.85. The lowest BCUT2D eigenvalue weighted by atomic mass is 10.7. The molecule has 0 saturated carbocycles. The fourth-order valence-corrected chi connectivity index (χ4v) is 0. The van der Waals surface area contributed by atoms with Gasteiger partial charge in [-0.25, -0.2) is 4.79 Å². The predicted octanol–water partition coefficient (Wildman–Crippen LogP) is 1.06. The van der Waals surface area contributed by atoms with Gasteiger partial charge in [-0.2, -0.15) is 0 Å². The molecule has 0 aliphatic heterocycles. The van der Waals surface area contributed by atoms with Crippen LogP contribution in [0.15, 0.2) is 0 Å². The Morgan fingerprint density at radius 2 is 1.27 bits per heavy atom. The molecule has 0 bridgehead atoms. The number of rotatable bonds is 0. The summed E-state index contributed by atoms with van der Waals surface area (Å²) >= 11 is 14.8. The molecule has 0 aliphatic rings. The minimum atomic E-state index is -1.94. The lowest BCUT2D eigenvalue weighted by Crippen LogP contribution is -2.27. The van der Waals surface area contributed by atoms with E-state index in [4.69, 9.17) is 49.8 Å². The van der Waals surface area contributed by atoms with E-state index in [0.717, 1.165) is 0 Å². The molecule has 0 saturated heterocycles. The van der Waals surface area contributed by atoms with Crippen LogP contribution in [0, 0.1) is 0 Å². The molecule has 66 valence electrons. The topological polar surface area (TPSA) is 101 Å². The fourth-order valence-electron chi connectivity index (χ4n) is 0. The first-order valence-electron chi connectivity index (χ1n) is 1.96. The summed E-state index contributed by atoms with van der Waals surface area (Å²) in [5.41, 5.74) is 4.53. The summed E-state index contributed by atoms with van der Waals surface area (Å²) in [6.07, 6.45) is -1.83. The molecule has 0 aromatic heterocycles. The minimum absolute atomic E-state index is 0.961. The number of hydrogen-bond acceptors (Lipinski definition) is 2. The number of carboxylic acid groups (broad SMARTS) is 2. The van der Waals surface area contributed by atoms with Crippen LogP contribution < -0.4 is 5.73 Å². The maximum absolute atomic E-state index is 9.85. The number of carbonyl (C=O) groups is 2. The molecule has 0 atom stereocenters. The fraction of sp³-hybridized carbons (Fsp3) is 0.333. The Morgan fingerprint density at radius 3 is 1.27 bits per heavy atom. The summed E-state index contributed by atoms with van der Waals surface area (Å²) < 4.78 is -1.94. The second-order valence-corrected chi connectivity index (χ2v) is 3.43. The molecule has 0 aromatic carbocycles. The smallest absolute Gasteiger partial charge is 0.450 e. The first-order valence-corrected chi connectivity index (χ1v) is 3.09. The van der Waals surface area contributed by atoms with E-state index >= 15 is 0 Å². The van der Waals surface area contributed by atoms with Gasteiger partial charge in [0.1, 0.15) is 0 Å². The van der Waals surface area contributed by atoms with Gasteiger partial charge in [0.15, 0.2) is 0 Å². The molecule has 0 heterocycles. The molecule has 0 fully saturated rings. The Balaban J connectivity index is 0. The highest BCUT2D eigenvalue weighted by molar-refractivity contribution is 6.76. The lowest BCUT2D eigenvalue weighted by Gasteiger charge is -2.01. The van der Waals surface area contributed by atoms with E-state index in [-0.39, 0.29) is 0 Å². The Morgan fingerprint density at radius 1 is 1.18 bits per heavy atom. The first-order chi connectivity index (χ1) is 4.68. The molecule has 0 rings (SSSR count).